The summed E-state index contributed by atoms with van der Waals surface area (Å²) in [6.45, 7) is 5.80. The number of hydrogen-bond acceptors (Lipinski definition) is 3. The van der Waals surface area contributed by atoms with Crippen molar-refractivity contribution in [1.82, 2.24) is 20.4 Å². The van der Waals surface area contributed by atoms with Crippen LogP contribution >= 0.6 is 0 Å². The zero-order valence-electron chi connectivity index (χ0n) is 12.3. The first-order chi connectivity index (χ1) is 9.35. The zero-order chi connectivity index (χ0) is 15.3. The summed E-state index contributed by atoms with van der Waals surface area (Å²) < 4.78 is 1.70. The molecule has 1 atom stereocenters. The van der Waals surface area contributed by atoms with Crippen molar-refractivity contribution in [2.45, 2.75) is 39.8 Å². The predicted molar refractivity (Wildman–Crippen MR) is 74.2 cm³/mol. The smallest absolute Gasteiger partial charge is 0.326 e. The normalized spacial score (nSPS) is 12.2. The Morgan fingerprint density at radius 2 is 2.10 bits per heavy atom. The van der Waals surface area contributed by atoms with E-state index in [-0.39, 0.29) is 5.92 Å². The van der Waals surface area contributed by atoms with Gasteiger partial charge >= 0.3 is 12.0 Å². The topological polar surface area (TPSA) is 96.3 Å². The van der Waals surface area contributed by atoms with Gasteiger partial charge in [0.15, 0.2) is 0 Å². The van der Waals surface area contributed by atoms with Crippen LogP contribution in [0.4, 0.5) is 4.79 Å². The van der Waals surface area contributed by atoms with E-state index in [1.165, 1.54) is 0 Å². The summed E-state index contributed by atoms with van der Waals surface area (Å²) in [4.78, 5) is 22.7. The molecule has 112 valence electrons. The number of aromatic nitrogens is 2. The van der Waals surface area contributed by atoms with Crippen LogP contribution in [0.5, 0.6) is 0 Å². The lowest BCUT2D eigenvalue weighted by Gasteiger charge is -2.18. The van der Waals surface area contributed by atoms with Crippen LogP contribution in [0, 0.1) is 5.92 Å². The van der Waals surface area contributed by atoms with Crippen molar-refractivity contribution >= 4 is 12.0 Å². The molecule has 3 N–H and O–H groups in total. The summed E-state index contributed by atoms with van der Waals surface area (Å²) in [6.07, 6.45) is 0.828. The van der Waals surface area contributed by atoms with Gasteiger partial charge in [-0.2, -0.15) is 5.10 Å². The summed E-state index contributed by atoms with van der Waals surface area (Å²) >= 11 is 0. The van der Waals surface area contributed by atoms with Crippen LogP contribution in [0.1, 0.15) is 32.2 Å². The van der Waals surface area contributed by atoms with Crippen LogP contribution in [0.25, 0.3) is 0 Å². The van der Waals surface area contributed by atoms with Crippen molar-refractivity contribution in [3.8, 4) is 0 Å². The van der Waals surface area contributed by atoms with Crippen molar-refractivity contribution in [2.24, 2.45) is 13.0 Å². The number of carboxylic acids is 1. The van der Waals surface area contributed by atoms with Crippen LogP contribution in [-0.2, 0) is 24.8 Å². The van der Waals surface area contributed by atoms with Gasteiger partial charge in [-0.3, -0.25) is 4.68 Å². The number of nitrogens with one attached hydrogen (secondary N) is 2. The van der Waals surface area contributed by atoms with Crippen LogP contribution in [0.3, 0.4) is 0 Å². The molecule has 1 aromatic heterocycles. The molecule has 0 aromatic carbocycles. The Morgan fingerprint density at radius 3 is 2.55 bits per heavy atom. The van der Waals surface area contributed by atoms with Gasteiger partial charge in [-0.25, -0.2) is 9.59 Å². The molecule has 1 heterocycles. The molecule has 0 saturated heterocycles. The number of carbonyl (C=O) groups is 2. The molecular weight excluding hydrogens is 260 g/mol. The largest absolute Gasteiger partial charge is 0.480 e. The standard InChI is InChI=1S/C13H22N4O3/c1-5-9-6-10(17(4)16-9)7-14-13(20)15-11(8(2)3)12(18)19/h6,8,11H,5,7H2,1-4H3,(H,18,19)(H2,14,15,20). The van der Waals surface area contributed by atoms with E-state index in [0.29, 0.717) is 6.54 Å². The Balaban J connectivity index is 2.54. The van der Waals surface area contributed by atoms with Crippen molar-refractivity contribution in [2.75, 3.05) is 0 Å². The summed E-state index contributed by atoms with van der Waals surface area (Å²) in [5.41, 5.74) is 1.82. The minimum absolute atomic E-state index is 0.179. The molecule has 0 bridgehead atoms. The van der Waals surface area contributed by atoms with Crippen LogP contribution in [0.15, 0.2) is 6.07 Å². The number of carboxylic acid groups (broad SMARTS) is 1. The number of nitrogens with zero attached hydrogens (tertiary/aromatic N) is 2. The highest BCUT2D eigenvalue weighted by Gasteiger charge is 2.23. The Morgan fingerprint density at radius 1 is 1.45 bits per heavy atom. The Labute approximate surface area is 118 Å². The molecule has 0 aliphatic heterocycles. The Bertz CT molecular complexity index is 482. The van der Waals surface area contributed by atoms with Gasteiger partial charge in [0.05, 0.1) is 17.9 Å². The molecule has 1 rings (SSSR count). The van der Waals surface area contributed by atoms with Crippen molar-refractivity contribution in [3.63, 3.8) is 0 Å². The van der Waals surface area contributed by atoms with E-state index in [4.69, 9.17) is 5.11 Å². The molecule has 0 aliphatic carbocycles. The van der Waals surface area contributed by atoms with E-state index in [1.54, 1.807) is 18.5 Å². The average molecular weight is 282 g/mol. The van der Waals surface area contributed by atoms with E-state index in [1.807, 2.05) is 20.0 Å². The van der Waals surface area contributed by atoms with Crippen LogP contribution < -0.4 is 10.6 Å². The summed E-state index contributed by atoms with van der Waals surface area (Å²) in [5.74, 6) is -1.22. The molecule has 7 nitrogen and oxygen atoms in total. The van der Waals surface area contributed by atoms with E-state index in [9.17, 15) is 9.59 Å². The summed E-state index contributed by atoms with van der Waals surface area (Å²) in [7, 11) is 1.81. The van der Waals surface area contributed by atoms with Crippen molar-refractivity contribution < 1.29 is 14.7 Å². The molecule has 0 aliphatic rings. The highest BCUT2D eigenvalue weighted by atomic mass is 16.4. The number of urea groups is 1. The van der Waals surface area contributed by atoms with Gasteiger partial charge in [-0.05, 0) is 18.4 Å². The van der Waals surface area contributed by atoms with E-state index < -0.39 is 18.0 Å². The predicted octanol–water partition coefficient (Wildman–Crippen LogP) is 0.891. The molecular formula is C13H22N4O3. The van der Waals surface area contributed by atoms with Gasteiger partial charge in [0.1, 0.15) is 6.04 Å². The maximum absolute atomic E-state index is 11.7. The van der Waals surface area contributed by atoms with E-state index >= 15 is 0 Å². The van der Waals surface area contributed by atoms with E-state index in [0.717, 1.165) is 17.8 Å². The molecule has 0 radical (unpaired) electrons. The van der Waals surface area contributed by atoms with Gasteiger partial charge in [-0.1, -0.05) is 20.8 Å². The van der Waals surface area contributed by atoms with Crippen LogP contribution in [-0.4, -0.2) is 32.9 Å². The second-order valence-electron chi connectivity index (χ2n) is 4.99. The molecule has 0 spiro atoms. The number of aliphatic carboxylic acids is 1. The quantitative estimate of drug-likeness (QED) is 0.722. The number of aryl methyl sites for hydroxylation is 2. The molecule has 1 aromatic rings. The van der Waals surface area contributed by atoms with Crippen LogP contribution in [0.2, 0.25) is 0 Å². The third-order valence-electron chi connectivity index (χ3n) is 3.04. The van der Waals surface area contributed by atoms with Crippen molar-refractivity contribution in [3.05, 3.63) is 17.5 Å². The monoisotopic (exact) mass is 282 g/mol. The molecule has 1 unspecified atom stereocenters. The first-order valence-corrected chi connectivity index (χ1v) is 6.64. The van der Waals surface area contributed by atoms with Crippen molar-refractivity contribution in [1.29, 1.82) is 0 Å². The number of carbonyl (C=O) groups excluding carboxylic acids is 1. The highest BCUT2D eigenvalue weighted by molar-refractivity contribution is 5.82. The van der Waals surface area contributed by atoms with Gasteiger partial charge in [0, 0.05) is 7.05 Å². The molecule has 2 amide bonds. The first kappa shape index (κ1) is 16.0. The fourth-order valence-electron chi connectivity index (χ4n) is 1.79. The number of rotatable bonds is 6. The van der Waals surface area contributed by atoms with Gasteiger partial charge in [0.2, 0.25) is 0 Å². The molecule has 0 fully saturated rings. The minimum atomic E-state index is -1.04. The maximum Gasteiger partial charge on any atom is 0.326 e. The lowest BCUT2D eigenvalue weighted by atomic mass is 10.1. The fourth-order valence-corrected chi connectivity index (χ4v) is 1.79. The number of amides is 2. The maximum atomic E-state index is 11.7. The minimum Gasteiger partial charge on any atom is -0.480 e. The van der Waals surface area contributed by atoms with Gasteiger partial charge in [-0.15, -0.1) is 0 Å². The highest BCUT2D eigenvalue weighted by Crippen LogP contribution is 2.04. The number of hydrogen-bond donors (Lipinski definition) is 3. The molecule has 20 heavy (non-hydrogen) atoms. The zero-order valence-corrected chi connectivity index (χ0v) is 12.3. The average Bonchev–Trinajstić information content (AvgIpc) is 2.73. The second-order valence-corrected chi connectivity index (χ2v) is 4.99. The third kappa shape index (κ3) is 4.25. The summed E-state index contributed by atoms with van der Waals surface area (Å²) in [6, 6.07) is 0.523. The third-order valence-corrected chi connectivity index (χ3v) is 3.04. The lowest BCUT2D eigenvalue weighted by molar-refractivity contribution is -0.140. The fraction of sp³-hybridized carbons (Fsp3) is 0.615. The van der Waals surface area contributed by atoms with Gasteiger partial charge < -0.3 is 15.7 Å². The Kier molecular flexibility index (Phi) is 5.54. The first-order valence-electron chi connectivity index (χ1n) is 6.64. The van der Waals surface area contributed by atoms with Gasteiger partial charge in [0.25, 0.3) is 0 Å². The SMILES string of the molecule is CCc1cc(CNC(=O)NC(C(=O)O)C(C)C)n(C)n1. The lowest BCUT2D eigenvalue weighted by Crippen LogP contribution is -2.48. The second kappa shape index (κ2) is 6.93. The molecule has 0 saturated carbocycles. The van der Waals surface area contributed by atoms with E-state index in [2.05, 4.69) is 15.7 Å². The molecule has 7 heteroatoms. The summed E-state index contributed by atoms with van der Waals surface area (Å²) in [5, 5.41) is 18.4. The Hall–Kier alpha value is -2.05.